The van der Waals surface area contributed by atoms with Crippen LogP contribution in [0.15, 0.2) is 36.4 Å². The third-order valence-corrected chi connectivity index (χ3v) is 4.22. The highest BCUT2D eigenvalue weighted by Crippen LogP contribution is 2.31. The van der Waals surface area contributed by atoms with Crippen LogP contribution in [0.1, 0.15) is 32.6 Å². The van der Waals surface area contributed by atoms with Gasteiger partial charge in [0.2, 0.25) is 0 Å². The van der Waals surface area contributed by atoms with E-state index in [0.717, 1.165) is 22.3 Å². The summed E-state index contributed by atoms with van der Waals surface area (Å²) in [5.74, 6) is -0.00322. The van der Waals surface area contributed by atoms with Crippen LogP contribution in [0.3, 0.4) is 0 Å². The average Bonchev–Trinajstić information content (AvgIpc) is 2.62. The number of carboxylic acids is 1. The summed E-state index contributed by atoms with van der Waals surface area (Å²) in [7, 11) is 3.05. The zero-order valence-corrected chi connectivity index (χ0v) is 15.3. The van der Waals surface area contributed by atoms with Gasteiger partial charge in [-0.25, -0.2) is 0 Å². The summed E-state index contributed by atoms with van der Waals surface area (Å²) in [6.07, 6.45) is 3.07. The third-order valence-electron chi connectivity index (χ3n) is 4.22. The molecule has 1 N–H and O–H groups in total. The van der Waals surface area contributed by atoms with Crippen molar-refractivity contribution in [2.24, 2.45) is 0 Å². The first-order valence-corrected chi connectivity index (χ1v) is 8.13. The van der Waals surface area contributed by atoms with Crippen molar-refractivity contribution in [2.75, 3.05) is 14.2 Å². The molecule has 26 heavy (non-hydrogen) atoms. The van der Waals surface area contributed by atoms with Crippen molar-refractivity contribution in [3.63, 3.8) is 0 Å². The standard InChI is InChI=1S/C21H22O5/c1-13-11-15(21(26-4)14(2)17(13)12-20(23)24)9-10-18(22)16-7-5-6-8-19(16)25-3/h5-11H,12H2,1-4H3,(H,23,24). The summed E-state index contributed by atoms with van der Waals surface area (Å²) in [5, 5.41) is 9.09. The molecule has 5 heteroatoms. The molecule has 0 spiro atoms. The van der Waals surface area contributed by atoms with Gasteiger partial charge in [0.1, 0.15) is 11.5 Å². The Hall–Kier alpha value is -3.08. The van der Waals surface area contributed by atoms with Crippen LogP contribution >= 0.6 is 0 Å². The average molecular weight is 354 g/mol. The molecule has 5 nitrogen and oxygen atoms in total. The molecule has 0 radical (unpaired) electrons. The van der Waals surface area contributed by atoms with Gasteiger partial charge in [0, 0.05) is 5.56 Å². The van der Waals surface area contributed by atoms with Crippen LogP contribution in [0.25, 0.3) is 6.08 Å². The molecule has 0 aliphatic rings. The highest BCUT2D eigenvalue weighted by atomic mass is 16.5. The fraction of sp³-hybridized carbons (Fsp3) is 0.238. The summed E-state index contributed by atoms with van der Waals surface area (Å²) in [6.45, 7) is 3.67. The molecule has 0 amide bonds. The largest absolute Gasteiger partial charge is 0.496 e. The second-order valence-electron chi connectivity index (χ2n) is 5.89. The van der Waals surface area contributed by atoms with Crippen molar-refractivity contribution in [3.8, 4) is 11.5 Å². The van der Waals surface area contributed by atoms with Crippen molar-refractivity contribution in [1.29, 1.82) is 0 Å². The maximum Gasteiger partial charge on any atom is 0.307 e. The van der Waals surface area contributed by atoms with E-state index in [2.05, 4.69) is 0 Å². The first kappa shape index (κ1) is 19.2. The molecule has 2 rings (SSSR count). The maximum atomic E-state index is 12.5. The van der Waals surface area contributed by atoms with Crippen molar-refractivity contribution >= 4 is 17.8 Å². The SMILES string of the molecule is COc1ccccc1C(=O)C=Cc1cc(C)c(CC(=O)O)c(C)c1OC. The molecule has 0 bridgehead atoms. The first-order chi connectivity index (χ1) is 12.4. The molecule has 136 valence electrons. The van der Waals surface area contributed by atoms with Gasteiger partial charge in [0.25, 0.3) is 0 Å². The van der Waals surface area contributed by atoms with E-state index in [4.69, 9.17) is 14.6 Å². The summed E-state index contributed by atoms with van der Waals surface area (Å²) in [6, 6.07) is 8.84. The second kappa shape index (κ2) is 8.34. The number of aliphatic carboxylic acids is 1. The van der Waals surface area contributed by atoms with Crippen LogP contribution in [-0.4, -0.2) is 31.1 Å². The quantitative estimate of drug-likeness (QED) is 0.604. The molecule has 2 aromatic rings. The molecular weight excluding hydrogens is 332 g/mol. The number of carboxylic acid groups (broad SMARTS) is 1. The molecule has 0 saturated heterocycles. The second-order valence-corrected chi connectivity index (χ2v) is 5.89. The number of aryl methyl sites for hydroxylation is 1. The van der Waals surface area contributed by atoms with Crippen molar-refractivity contribution in [2.45, 2.75) is 20.3 Å². The molecule has 0 atom stereocenters. The van der Waals surface area contributed by atoms with Crippen molar-refractivity contribution in [1.82, 2.24) is 0 Å². The van der Waals surface area contributed by atoms with E-state index in [1.807, 2.05) is 19.9 Å². The predicted molar refractivity (Wildman–Crippen MR) is 100 cm³/mol. The Labute approximate surface area is 152 Å². The van der Waals surface area contributed by atoms with E-state index in [1.165, 1.54) is 20.3 Å². The van der Waals surface area contributed by atoms with Crippen LogP contribution in [0.5, 0.6) is 11.5 Å². The Kier molecular flexibility index (Phi) is 6.17. The number of ketones is 1. The van der Waals surface area contributed by atoms with Crippen LogP contribution in [-0.2, 0) is 11.2 Å². The van der Waals surface area contributed by atoms with E-state index in [9.17, 15) is 9.59 Å². The van der Waals surface area contributed by atoms with Gasteiger partial charge < -0.3 is 14.6 Å². The summed E-state index contributed by atoms with van der Waals surface area (Å²) >= 11 is 0. The number of benzene rings is 2. The zero-order valence-electron chi connectivity index (χ0n) is 15.3. The fourth-order valence-corrected chi connectivity index (χ4v) is 2.96. The van der Waals surface area contributed by atoms with E-state index in [-0.39, 0.29) is 12.2 Å². The molecule has 0 heterocycles. The Morgan fingerprint density at radius 1 is 1.12 bits per heavy atom. The molecule has 0 aliphatic carbocycles. The molecule has 0 aromatic heterocycles. The number of para-hydroxylation sites is 1. The lowest BCUT2D eigenvalue weighted by atomic mass is 9.95. The van der Waals surface area contributed by atoms with Gasteiger partial charge in [0.05, 0.1) is 26.2 Å². The zero-order chi connectivity index (χ0) is 19.3. The van der Waals surface area contributed by atoms with Gasteiger partial charge in [-0.1, -0.05) is 12.1 Å². The monoisotopic (exact) mass is 354 g/mol. The van der Waals surface area contributed by atoms with Crippen molar-refractivity contribution < 1.29 is 24.2 Å². The number of allylic oxidation sites excluding steroid dienone is 1. The number of ether oxygens (including phenoxy) is 2. The number of carbonyl (C=O) groups is 2. The number of carbonyl (C=O) groups excluding carboxylic acids is 1. The van der Waals surface area contributed by atoms with Crippen LogP contribution in [0.4, 0.5) is 0 Å². The third kappa shape index (κ3) is 4.11. The molecule has 0 saturated carbocycles. The van der Waals surface area contributed by atoms with E-state index < -0.39 is 5.97 Å². The van der Waals surface area contributed by atoms with Crippen LogP contribution in [0, 0.1) is 13.8 Å². The molecule has 0 unspecified atom stereocenters. The minimum absolute atomic E-state index is 0.0713. The minimum atomic E-state index is -0.895. The van der Waals surface area contributed by atoms with Gasteiger partial charge in [-0.3, -0.25) is 9.59 Å². The topological polar surface area (TPSA) is 72.8 Å². The molecule has 0 aliphatic heterocycles. The lowest BCUT2D eigenvalue weighted by Crippen LogP contribution is -2.06. The number of hydrogen-bond donors (Lipinski definition) is 1. The van der Waals surface area contributed by atoms with Gasteiger partial charge >= 0.3 is 5.97 Å². The first-order valence-electron chi connectivity index (χ1n) is 8.13. The van der Waals surface area contributed by atoms with Crippen molar-refractivity contribution in [3.05, 3.63) is 64.2 Å². The van der Waals surface area contributed by atoms with Crippen LogP contribution in [0.2, 0.25) is 0 Å². The molecule has 2 aromatic carbocycles. The Morgan fingerprint density at radius 3 is 2.42 bits per heavy atom. The Morgan fingerprint density at radius 2 is 1.81 bits per heavy atom. The molecule has 0 fully saturated rings. The highest BCUT2D eigenvalue weighted by molar-refractivity contribution is 6.08. The van der Waals surface area contributed by atoms with Gasteiger partial charge in [0.15, 0.2) is 5.78 Å². The normalized spacial score (nSPS) is 10.8. The number of rotatable bonds is 7. The van der Waals surface area contributed by atoms with Gasteiger partial charge in [-0.05, 0) is 60.9 Å². The fourth-order valence-electron chi connectivity index (χ4n) is 2.96. The van der Waals surface area contributed by atoms with E-state index in [0.29, 0.717) is 17.1 Å². The minimum Gasteiger partial charge on any atom is -0.496 e. The highest BCUT2D eigenvalue weighted by Gasteiger charge is 2.15. The Balaban J connectivity index is 2.41. The maximum absolute atomic E-state index is 12.5. The lowest BCUT2D eigenvalue weighted by molar-refractivity contribution is -0.136. The van der Waals surface area contributed by atoms with E-state index in [1.54, 1.807) is 30.3 Å². The predicted octanol–water partition coefficient (Wildman–Crippen LogP) is 3.84. The van der Waals surface area contributed by atoms with Gasteiger partial charge in [-0.2, -0.15) is 0 Å². The lowest BCUT2D eigenvalue weighted by Gasteiger charge is -2.15. The number of methoxy groups -OCH3 is 2. The van der Waals surface area contributed by atoms with Gasteiger partial charge in [-0.15, -0.1) is 0 Å². The smallest absolute Gasteiger partial charge is 0.307 e. The Bertz CT molecular complexity index is 865. The van der Waals surface area contributed by atoms with Crippen LogP contribution < -0.4 is 9.47 Å². The summed E-state index contributed by atoms with van der Waals surface area (Å²) in [4.78, 5) is 23.6. The number of hydrogen-bond acceptors (Lipinski definition) is 4. The van der Waals surface area contributed by atoms with E-state index >= 15 is 0 Å². The summed E-state index contributed by atoms with van der Waals surface area (Å²) in [5.41, 5.74) is 3.53. The summed E-state index contributed by atoms with van der Waals surface area (Å²) < 4.78 is 10.7. The molecular formula is C21H22O5.